The molecule has 0 fully saturated rings. The average molecular weight is 346 g/mol. The van der Waals surface area contributed by atoms with Crippen molar-refractivity contribution in [2.45, 2.75) is 13.0 Å². The molecule has 2 aromatic rings. The molecular weight excluding hydrogens is 334 g/mol. The molecule has 1 aromatic heterocycles. The number of aromatic nitrogens is 1. The van der Waals surface area contributed by atoms with Crippen LogP contribution in [0.4, 0.5) is 5.69 Å². The number of hydrogen-bond acceptors (Lipinski definition) is 3. The molecule has 0 saturated heterocycles. The zero-order valence-corrected chi connectivity index (χ0v) is 13.2. The van der Waals surface area contributed by atoms with Crippen LogP contribution in [-0.4, -0.2) is 21.7 Å². The Balaban J connectivity index is 2.23. The number of benzene rings is 1. The van der Waals surface area contributed by atoms with E-state index in [2.05, 4.69) is 26.2 Å². The maximum atomic E-state index is 5.38. The Labute approximate surface area is 131 Å². The number of hydrogen-bond donors (Lipinski definition) is 1. The van der Waals surface area contributed by atoms with E-state index < -0.39 is 0 Å². The van der Waals surface area contributed by atoms with Gasteiger partial charge in [-0.3, -0.25) is 9.98 Å². The molecule has 1 unspecified atom stereocenters. The molecule has 0 spiro atoms. The van der Waals surface area contributed by atoms with Gasteiger partial charge in [-0.2, -0.15) is 0 Å². The van der Waals surface area contributed by atoms with E-state index >= 15 is 0 Å². The van der Waals surface area contributed by atoms with Crippen LogP contribution in [-0.2, 0) is 0 Å². The molecule has 3 nitrogen and oxygen atoms in total. The van der Waals surface area contributed by atoms with E-state index in [1.165, 1.54) is 0 Å². The lowest BCUT2D eigenvalue weighted by Gasteiger charge is -2.10. The SMILES string of the molecule is CC1N=C(c2ccccn2)c2cc(Br)ccc2NC1=S. The smallest absolute Gasteiger partial charge is 0.104 e. The summed E-state index contributed by atoms with van der Waals surface area (Å²) in [6.07, 6.45) is 1.77. The van der Waals surface area contributed by atoms with Crippen molar-refractivity contribution in [2.75, 3.05) is 5.32 Å². The highest BCUT2D eigenvalue weighted by atomic mass is 79.9. The first-order chi connectivity index (χ1) is 9.65. The number of anilines is 1. The molecule has 0 bridgehead atoms. The fourth-order valence-electron chi connectivity index (χ4n) is 2.09. The van der Waals surface area contributed by atoms with E-state index in [0.29, 0.717) is 0 Å². The Hall–Kier alpha value is -1.59. The fourth-order valence-corrected chi connectivity index (χ4v) is 2.61. The van der Waals surface area contributed by atoms with Crippen molar-refractivity contribution < 1.29 is 0 Å². The maximum Gasteiger partial charge on any atom is 0.104 e. The summed E-state index contributed by atoms with van der Waals surface area (Å²) < 4.78 is 1.00. The predicted molar refractivity (Wildman–Crippen MR) is 89.7 cm³/mol. The van der Waals surface area contributed by atoms with Gasteiger partial charge in [0.15, 0.2) is 0 Å². The summed E-state index contributed by atoms with van der Waals surface area (Å²) in [4.78, 5) is 9.88. The van der Waals surface area contributed by atoms with Crippen molar-refractivity contribution in [3.05, 3.63) is 58.3 Å². The Morgan fingerprint density at radius 3 is 2.85 bits per heavy atom. The number of fused-ring (bicyclic) bond motifs is 1. The highest BCUT2D eigenvalue weighted by Crippen LogP contribution is 2.27. The van der Waals surface area contributed by atoms with Gasteiger partial charge in [0, 0.05) is 21.9 Å². The van der Waals surface area contributed by atoms with Gasteiger partial charge in [-0.25, -0.2) is 0 Å². The zero-order chi connectivity index (χ0) is 14.1. The van der Waals surface area contributed by atoms with Gasteiger partial charge in [0.2, 0.25) is 0 Å². The summed E-state index contributed by atoms with van der Waals surface area (Å²) in [6.45, 7) is 1.99. The van der Waals surface area contributed by atoms with Gasteiger partial charge >= 0.3 is 0 Å². The first-order valence-corrected chi connectivity index (χ1v) is 7.45. The summed E-state index contributed by atoms with van der Waals surface area (Å²) in [5.41, 5.74) is 3.68. The molecule has 0 amide bonds. The van der Waals surface area contributed by atoms with Gasteiger partial charge < -0.3 is 5.32 Å². The number of pyridine rings is 1. The van der Waals surface area contributed by atoms with Gasteiger partial charge in [0.05, 0.1) is 17.4 Å². The number of aliphatic imine (C=N–C) groups is 1. The maximum absolute atomic E-state index is 5.38. The first-order valence-electron chi connectivity index (χ1n) is 6.25. The third kappa shape index (κ3) is 2.51. The van der Waals surface area contributed by atoms with Crippen molar-refractivity contribution in [3.63, 3.8) is 0 Å². The van der Waals surface area contributed by atoms with Crippen LogP contribution in [0.3, 0.4) is 0 Å². The Bertz CT molecular complexity index is 698. The molecular formula is C15H12BrN3S. The van der Waals surface area contributed by atoms with Crippen LogP contribution in [0.25, 0.3) is 0 Å². The largest absolute Gasteiger partial charge is 0.348 e. The Kier molecular flexibility index (Phi) is 3.63. The second kappa shape index (κ2) is 5.42. The minimum atomic E-state index is -0.0758. The molecule has 1 aromatic carbocycles. The van der Waals surface area contributed by atoms with E-state index in [-0.39, 0.29) is 6.04 Å². The minimum Gasteiger partial charge on any atom is -0.348 e. The highest BCUT2D eigenvalue weighted by Gasteiger charge is 2.21. The van der Waals surface area contributed by atoms with E-state index in [9.17, 15) is 0 Å². The van der Waals surface area contributed by atoms with Gasteiger partial charge in [0.25, 0.3) is 0 Å². The van der Waals surface area contributed by atoms with Gasteiger partial charge in [0.1, 0.15) is 4.99 Å². The summed E-state index contributed by atoms with van der Waals surface area (Å²) in [7, 11) is 0. The molecule has 0 aliphatic carbocycles. The quantitative estimate of drug-likeness (QED) is 0.798. The molecule has 1 atom stereocenters. The van der Waals surface area contributed by atoms with E-state index in [1.807, 2.05) is 43.3 Å². The lowest BCUT2D eigenvalue weighted by molar-refractivity contribution is 0.989. The molecule has 1 N–H and O–H groups in total. The minimum absolute atomic E-state index is 0.0758. The molecule has 100 valence electrons. The van der Waals surface area contributed by atoms with Crippen LogP contribution in [0.2, 0.25) is 0 Å². The zero-order valence-electron chi connectivity index (χ0n) is 10.8. The summed E-state index contributed by atoms with van der Waals surface area (Å²) in [6, 6.07) is 11.8. The van der Waals surface area contributed by atoms with Crippen molar-refractivity contribution in [1.29, 1.82) is 0 Å². The van der Waals surface area contributed by atoms with Gasteiger partial charge in [-0.15, -0.1) is 0 Å². The summed E-state index contributed by atoms with van der Waals surface area (Å²) >= 11 is 8.89. The predicted octanol–water partition coefficient (Wildman–Crippen LogP) is 3.82. The van der Waals surface area contributed by atoms with Crippen LogP contribution in [0.15, 0.2) is 52.1 Å². The molecule has 1 aliphatic rings. The number of halogens is 1. The van der Waals surface area contributed by atoms with Crippen LogP contribution in [0, 0.1) is 0 Å². The van der Waals surface area contributed by atoms with Crippen molar-refractivity contribution in [2.24, 2.45) is 4.99 Å². The highest BCUT2D eigenvalue weighted by molar-refractivity contribution is 9.10. The lowest BCUT2D eigenvalue weighted by Crippen LogP contribution is -2.20. The Morgan fingerprint density at radius 2 is 2.10 bits per heavy atom. The third-order valence-corrected chi connectivity index (χ3v) is 4.04. The van der Waals surface area contributed by atoms with Crippen LogP contribution >= 0.6 is 28.1 Å². The van der Waals surface area contributed by atoms with E-state index in [1.54, 1.807) is 6.20 Å². The standard InChI is InChI=1S/C15H12BrN3S/c1-9-15(20)19-12-6-5-10(16)8-11(12)14(18-9)13-4-2-3-7-17-13/h2-9H,1H3,(H,19,20). The van der Waals surface area contributed by atoms with Crippen LogP contribution in [0.1, 0.15) is 18.2 Å². The molecule has 2 heterocycles. The normalized spacial score (nSPS) is 17.8. The van der Waals surface area contributed by atoms with Gasteiger partial charge in [-0.05, 0) is 37.3 Å². The number of rotatable bonds is 1. The molecule has 1 aliphatic heterocycles. The van der Waals surface area contributed by atoms with E-state index in [0.717, 1.165) is 32.1 Å². The van der Waals surface area contributed by atoms with E-state index in [4.69, 9.17) is 17.2 Å². The molecule has 0 saturated carbocycles. The first kappa shape index (κ1) is 13.4. The van der Waals surface area contributed by atoms with Crippen LogP contribution in [0.5, 0.6) is 0 Å². The topological polar surface area (TPSA) is 37.3 Å². The fraction of sp³-hybridized carbons (Fsp3) is 0.133. The van der Waals surface area contributed by atoms with Crippen LogP contribution < -0.4 is 5.32 Å². The molecule has 3 rings (SSSR count). The average Bonchev–Trinajstić information content (AvgIpc) is 2.58. The molecule has 0 radical (unpaired) electrons. The Morgan fingerprint density at radius 1 is 1.25 bits per heavy atom. The molecule has 20 heavy (non-hydrogen) atoms. The monoisotopic (exact) mass is 345 g/mol. The van der Waals surface area contributed by atoms with Gasteiger partial charge in [-0.1, -0.05) is 34.2 Å². The third-order valence-electron chi connectivity index (χ3n) is 3.10. The second-order valence-corrected chi connectivity index (χ2v) is 5.90. The number of benzodiazepines with no additional fused rings is 1. The number of nitrogens with zero attached hydrogens (tertiary/aromatic N) is 2. The number of nitrogens with one attached hydrogen (secondary N) is 1. The van der Waals surface area contributed by atoms with Crippen molar-refractivity contribution in [1.82, 2.24) is 4.98 Å². The van der Waals surface area contributed by atoms with Crippen molar-refractivity contribution >= 4 is 44.5 Å². The molecule has 5 heteroatoms. The summed E-state index contributed by atoms with van der Waals surface area (Å²) in [5, 5.41) is 3.27. The second-order valence-electron chi connectivity index (χ2n) is 4.55. The lowest BCUT2D eigenvalue weighted by atomic mass is 10.0. The summed E-state index contributed by atoms with van der Waals surface area (Å²) in [5.74, 6) is 0. The number of thiocarbonyl (C=S) groups is 1. The van der Waals surface area contributed by atoms with Crippen molar-refractivity contribution in [3.8, 4) is 0 Å².